The summed E-state index contributed by atoms with van der Waals surface area (Å²) in [7, 11) is 1.63. The van der Waals surface area contributed by atoms with Gasteiger partial charge in [-0.05, 0) is 24.1 Å². The molecule has 1 aromatic carbocycles. The van der Waals surface area contributed by atoms with Gasteiger partial charge >= 0.3 is 0 Å². The number of nitrogens with zero attached hydrogens (tertiary/aromatic N) is 1. The maximum atomic E-state index is 11.4. The Bertz CT molecular complexity index is 439. The Labute approximate surface area is 107 Å². The Hall–Kier alpha value is -2.04. The van der Waals surface area contributed by atoms with Crippen molar-refractivity contribution in [2.75, 3.05) is 20.1 Å². The fourth-order valence-corrected chi connectivity index (χ4v) is 1.76. The molecule has 1 aromatic rings. The summed E-state index contributed by atoms with van der Waals surface area (Å²) < 4.78 is 0. The summed E-state index contributed by atoms with van der Waals surface area (Å²) in [5, 5.41) is 9.04. The van der Waals surface area contributed by atoms with Crippen LogP contribution in [0.25, 0.3) is 0 Å². The average molecular weight is 246 g/mol. The summed E-state index contributed by atoms with van der Waals surface area (Å²) in [4.78, 5) is 15.7. The van der Waals surface area contributed by atoms with Crippen LogP contribution in [0.5, 0.6) is 0 Å². The largest absolute Gasteiger partial charge is 0.356 e. The molecule has 0 saturated heterocycles. The van der Waals surface area contributed by atoms with E-state index in [9.17, 15) is 4.79 Å². The van der Waals surface area contributed by atoms with Gasteiger partial charge < -0.3 is 16.0 Å². The van der Waals surface area contributed by atoms with E-state index >= 15 is 0 Å². The van der Waals surface area contributed by atoms with Gasteiger partial charge in [0.2, 0.25) is 0 Å². The number of amides is 1. The molecule has 18 heavy (non-hydrogen) atoms. The van der Waals surface area contributed by atoms with Gasteiger partial charge in [0, 0.05) is 32.2 Å². The van der Waals surface area contributed by atoms with Crippen LogP contribution in [0.3, 0.4) is 0 Å². The molecule has 5 heteroatoms. The zero-order valence-corrected chi connectivity index (χ0v) is 10.5. The predicted octanol–water partition coefficient (Wildman–Crippen LogP) is 0.485. The number of benzene rings is 1. The minimum atomic E-state index is -0.0622. The minimum absolute atomic E-state index is 0.0622. The smallest absolute Gasteiger partial charge is 0.251 e. The van der Waals surface area contributed by atoms with Crippen molar-refractivity contribution >= 4 is 11.9 Å². The highest BCUT2D eigenvalue weighted by molar-refractivity contribution is 5.93. The zero-order valence-electron chi connectivity index (χ0n) is 10.5. The van der Waals surface area contributed by atoms with Crippen LogP contribution in [0, 0.1) is 0 Å². The van der Waals surface area contributed by atoms with Gasteiger partial charge in [0.1, 0.15) is 0 Å². The fraction of sp³-hybridized carbons (Fsp3) is 0.385. The van der Waals surface area contributed by atoms with Crippen molar-refractivity contribution in [1.29, 1.82) is 0 Å². The molecule has 0 spiro atoms. The van der Waals surface area contributed by atoms with Crippen LogP contribution in [0.15, 0.2) is 29.3 Å². The molecule has 5 nitrogen and oxygen atoms in total. The molecule has 0 atom stereocenters. The first kappa shape index (κ1) is 12.4. The minimum Gasteiger partial charge on any atom is -0.356 e. The lowest BCUT2D eigenvalue weighted by Crippen LogP contribution is -2.40. The van der Waals surface area contributed by atoms with Crippen LogP contribution in [-0.2, 0) is 6.54 Å². The van der Waals surface area contributed by atoms with E-state index in [1.54, 1.807) is 7.05 Å². The van der Waals surface area contributed by atoms with Gasteiger partial charge in [-0.15, -0.1) is 0 Å². The molecular weight excluding hydrogens is 228 g/mol. The van der Waals surface area contributed by atoms with Crippen molar-refractivity contribution in [3.05, 3.63) is 35.4 Å². The van der Waals surface area contributed by atoms with E-state index in [0.717, 1.165) is 31.0 Å². The second-order valence-electron chi connectivity index (χ2n) is 4.14. The number of nitrogens with one attached hydrogen (secondary N) is 3. The molecule has 1 heterocycles. The predicted molar refractivity (Wildman–Crippen MR) is 71.6 cm³/mol. The maximum absolute atomic E-state index is 11.4. The summed E-state index contributed by atoms with van der Waals surface area (Å²) in [6.07, 6.45) is 1.09. The number of carbonyl (C=O) groups excluding carboxylic acids is 1. The summed E-state index contributed by atoms with van der Waals surface area (Å²) in [6.45, 7) is 2.56. The molecule has 0 unspecified atom stereocenters. The summed E-state index contributed by atoms with van der Waals surface area (Å²) in [6, 6.07) is 7.54. The van der Waals surface area contributed by atoms with Gasteiger partial charge in [0.05, 0.1) is 0 Å². The number of aliphatic imine (C=N–C) groups is 1. The summed E-state index contributed by atoms with van der Waals surface area (Å²) in [5.41, 5.74) is 1.80. The van der Waals surface area contributed by atoms with Gasteiger partial charge in [-0.3, -0.25) is 9.79 Å². The van der Waals surface area contributed by atoms with E-state index < -0.39 is 0 Å². The molecule has 96 valence electrons. The lowest BCUT2D eigenvalue weighted by atomic mass is 10.1. The van der Waals surface area contributed by atoms with Crippen molar-refractivity contribution in [3.63, 3.8) is 0 Å². The second-order valence-corrected chi connectivity index (χ2v) is 4.14. The van der Waals surface area contributed by atoms with E-state index in [-0.39, 0.29) is 5.91 Å². The van der Waals surface area contributed by atoms with Crippen LogP contribution in [-0.4, -0.2) is 32.0 Å². The first-order chi connectivity index (χ1) is 8.79. The molecule has 0 radical (unpaired) electrons. The van der Waals surface area contributed by atoms with E-state index in [1.165, 1.54) is 0 Å². The van der Waals surface area contributed by atoms with E-state index in [4.69, 9.17) is 0 Å². The quantitative estimate of drug-likeness (QED) is 0.727. The van der Waals surface area contributed by atoms with Gasteiger partial charge in [-0.25, -0.2) is 0 Å². The Kier molecular flexibility index (Phi) is 4.17. The number of hydrogen-bond donors (Lipinski definition) is 3. The molecule has 0 fully saturated rings. The van der Waals surface area contributed by atoms with Gasteiger partial charge in [0.25, 0.3) is 5.91 Å². The van der Waals surface area contributed by atoms with Gasteiger partial charge in [-0.2, -0.15) is 0 Å². The Morgan fingerprint density at radius 1 is 1.39 bits per heavy atom. The molecule has 0 saturated carbocycles. The monoisotopic (exact) mass is 246 g/mol. The standard InChI is InChI=1S/C13H18N4O/c1-14-12(18)11-5-3-10(4-6-11)9-17-13-15-7-2-8-16-13/h3-6H,2,7-9H2,1H3,(H,14,18)(H2,15,16,17). The average Bonchev–Trinajstić information content (AvgIpc) is 2.46. The lowest BCUT2D eigenvalue weighted by molar-refractivity contribution is 0.0963. The van der Waals surface area contributed by atoms with Crippen LogP contribution in [0.4, 0.5) is 0 Å². The Morgan fingerprint density at radius 3 is 2.78 bits per heavy atom. The molecule has 0 bridgehead atoms. The number of carbonyl (C=O) groups is 1. The van der Waals surface area contributed by atoms with E-state index in [1.807, 2.05) is 24.3 Å². The van der Waals surface area contributed by atoms with Crippen LogP contribution < -0.4 is 16.0 Å². The topological polar surface area (TPSA) is 65.5 Å². The van der Waals surface area contributed by atoms with Crippen molar-refractivity contribution < 1.29 is 4.79 Å². The third kappa shape index (κ3) is 3.23. The molecule has 2 rings (SSSR count). The third-order valence-electron chi connectivity index (χ3n) is 2.80. The highest BCUT2D eigenvalue weighted by Gasteiger charge is 2.04. The molecule has 3 N–H and O–H groups in total. The van der Waals surface area contributed by atoms with Gasteiger partial charge in [0.15, 0.2) is 5.96 Å². The van der Waals surface area contributed by atoms with Crippen molar-refractivity contribution in [2.24, 2.45) is 4.99 Å². The van der Waals surface area contributed by atoms with Crippen molar-refractivity contribution in [3.8, 4) is 0 Å². The lowest BCUT2D eigenvalue weighted by Gasteiger charge is -2.16. The fourth-order valence-electron chi connectivity index (χ4n) is 1.76. The van der Waals surface area contributed by atoms with Crippen LogP contribution >= 0.6 is 0 Å². The number of hydrogen-bond acceptors (Lipinski definition) is 4. The Morgan fingerprint density at radius 2 is 2.17 bits per heavy atom. The maximum Gasteiger partial charge on any atom is 0.251 e. The van der Waals surface area contributed by atoms with Crippen LogP contribution in [0.1, 0.15) is 22.3 Å². The molecule has 0 aliphatic carbocycles. The summed E-state index contributed by atoms with van der Waals surface area (Å²) >= 11 is 0. The Balaban J connectivity index is 1.90. The highest BCUT2D eigenvalue weighted by atomic mass is 16.1. The normalized spacial score (nSPS) is 14.4. The number of rotatable bonds is 3. The summed E-state index contributed by atoms with van der Waals surface area (Å²) in [5.74, 6) is 0.796. The molecule has 1 aliphatic heterocycles. The van der Waals surface area contributed by atoms with E-state index in [2.05, 4.69) is 20.9 Å². The van der Waals surface area contributed by atoms with Gasteiger partial charge in [-0.1, -0.05) is 12.1 Å². The highest BCUT2D eigenvalue weighted by Crippen LogP contribution is 2.04. The van der Waals surface area contributed by atoms with Crippen molar-refractivity contribution in [2.45, 2.75) is 13.0 Å². The van der Waals surface area contributed by atoms with Crippen molar-refractivity contribution in [1.82, 2.24) is 16.0 Å². The SMILES string of the molecule is CNC(=O)c1ccc(CNC2=NCCCN2)cc1. The zero-order chi connectivity index (χ0) is 12.8. The van der Waals surface area contributed by atoms with E-state index in [0.29, 0.717) is 12.1 Å². The first-order valence-electron chi connectivity index (χ1n) is 6.13. The third-order valence-corrected chi connectivity index (χ3v) is 2.80. The second kappa shape index (κ2) is 6.05. The molecule has 1 aliphatic rings. The molecular formula is C13H18N4O. The van der Waals surface area contributed by atoms with Crippen LogP contribution in [0.2, 0.25) is 0 Å². The number of guanidine groups is 1. The molecule has 0 aromatic heterocycles. The molecule has 1 amide bonds. The first-order valence-corrected chi connectivity index (χ1v) is 6.13.